The summed E-state index contributed by atoms with van der Waals surface area (Å²) in [6.45, 7) is 3.97. The zero-order valence-corrected chi connectivity index (χ0v) is 18.3. The minimum atomic E-state index is -3.38. The minimum absolute atomic E-state index is 0.317. The van der Waals surface area contributed by atoms with E-state index in [1.807, 2.05) is 37.4 Å². The van der Waals surface area contributed by atoms with Crippen molar-refractivity contribution in [1.29, 1.82) is 0 Å². The average Bonchev–Trinajstić information content (AvgIpc) is 3.49. The lowest BCUT2D eigenvalue weighted by Gasteiger charge is -2.27. The Hall–Kier alpha value is -2.78. The molecule has 0 atom stereocenters. The van der Waals surface area contributed by atoms with Crippen LogP contribution in [0.4, 0.5) is 5.13 Å². The third-order valence-electron chi connectivity index (χ3n) is 5.29. The highest BCUT2D eigenvalue weighted by Crippen LogP contribution is 2.40. The molecule has 1 amide bonds. The number of carbonyl (C=O) groups is 1. The fourth-order valence-corrected chi connectivity index (χ4v) is 5.79. The van der Waals surface area contributed by atoms with Crippen molar-refractivity contribution in [2.45, 2.75) is 37.4 Å². The molecule has 1 aliphatic carbocycles. The van der Waals surface area contributed by atoms with Gasteiger partial charge in [-0.1, -0.05) is 26.0 Å². The molecule has 0 aliphatic heterocycles. The first kappa shape index (κ1) is 20.5. The number of carbonyl (C=O) groups excluding carboxylic acids is 1. The molecule has 2 aromatic heterocycles. The molecule has 1 aromatic carbocycles. The molecule has 1 saturated carbocycles. The summed E-state index contributed by atoms with van der Waals surface area (Å²) in [5, 5.41) is 1.87. The SMILES string of the molecule is CC(C)(c1csc(NS(=O)(=O)C2CC2)n1)c1cc(C(N)=O)ccc1-c1cccnc1. The van der Waals surface area contributed by atoms with Gasteiger partial charge in [0.15, 0.2) is 5.13 Å². The molecule has 30 heavy (non-hydrogen) atoms. The first-order valence-corrected chi connectivity index (χ1v) is 11.9. The molecule has 0 unspecified atom stereocenters. The number of primary amides is 1. The summed E-state index contributed by atoms with van der Waals surface area (Å²) >= 11 is 1.25. The Kier molecular flexibility index (Phi) is 5.11. The molecule has 0 spiro atoms. The van der Waals surface area contributed by atoms with Gasteiger partial charge in [0, 0.05) is 34.3 Å². The van der Waals surface area contributed by atoms with E-state index in [-0.39, 0.29) is 5.25 Å². The van der Waals surface area contributed by atoms with Crippen LogP contribution in [-0.4, -0.2) is 29.5 Å². The minimum Gasteiger partial charge on any atom is -0.366 e. The Morgan fingerprint density at radius 1 is 1.27 bits per heavy atom. The molecule has 3 N–H and O–H groups in total. The number of thiazole rings is 1. The number of benzene rings is 1. The van der Waals surface area contributed by atoms with Crippen molar-refractivity contribution < 1.29 is 13.2 Å². The Balaban J connectivity index is 1.76. The highest BCUT2D eigenvalue weighted by atomic mass is 32.2. The molecule has 9 heteroatoms. The number of sulfonamides is 1. The van der Waals surface area contributed by atoms with Crippen molar-refractivity contribution in [2.24, 2.45) is 5.73 Å². The van der Waals surface area contributed by atoms with Crippen molar-refractivity contribution in [1.82, 2.24) is 9.97 Å². The van der Waals surface area contributed by atoms with Gasteiger partial charge in [0.25, 0.3) is 0 Å². The summed E-state index contributed by atoms with van der Waals surface area (Å²) in [4.78, 5) is 20.6. The third-order valence-corrected chi connectivity index (χ3v) is 8.00. The van der Waals surface area contributed by atoms with Crippen LogP contribution in [0.5, 0.6) is 0 Å². The maximum Gasteiger partial charge on any atom is 0.248 e. The lowest BCUT2D eigenvalue weighted by atomic mass is 9.77. The first-order valence-electron chi connectivity index (χ1n) is 9.51. The Morgan fingerprint density at radius 3 is 2.67 bits per heavy atom. The second-order valence-electron chi connectivity index (χ2n) is 7.88. The Labute approximate surface area is 179 Å². The summed E-state index contributed by atoms with van der Waals surface area (Å²) in [7, 11) is -3.38. The number of aromatic nitrogens is 2. The maximum absolute atomic E-state index is 12.2. The van der Waals surface area contributed by atoms with E-state index in [0.717, 1.165) is 16.7 Å². The second-order valence-corrected chi connectivity index (χ2v) is 10.7. The lowest BCUT2D eigenvalue weighted by Crippen LogP contribution is -2.23. The number of anilines is 1. The van der Waals surface area contributed by atoms with Gasteiger partial charge in [-0.2, -0.15) is 0 Å². The number of nitrogens with two attached hydrogens (primary N) is 1. The van der Waals surface area contributed by atoms with E-state index in [1.165, 1.54) is 11.3 Å². The molecule has 4 rings (SSSR count). The van der Waals surface area contributed by atoms with Crippen molar-refractivity contribution in [3.63, 3.8) is 0 Å². The molecule has 1 fully saturated rings. The standard InChI is InChI=1S/C21H22N4O3S2/c1-21(2,18-12-29-20(24-18)25-30(27,28)15-6-7-15)17-10-13(19(22)26)5-8-16(17)14-4-3-9-23-11-14/h3-5,8-12,15H,6-7H2,1-2H3,(H2,22,26)(H,24,25). The highest BCUT2D eigenvalue weighted by Gasteiger charge is 2.37. The van der Waals surface area contributed by atoms with Crippen LogP contribution in [0.1, 0.15) is 48.3 Å². The van der Waals surface area contributed by atoms with Crippen LogP contribution in [0, 0.1) is 0 Å². The van der Waals surface area contributed by atoms with E-state index in [0.29, 0.717) is 29.2 Å². The second kappa shape index (κ2) is 7.48. The van der Waals surface area contributed by atoms with Gasteiger partial charge < -0.3 is 5.73 Å². The number of nitrogens with zero attached hydrogens (tertiary/aromatic N) is 2. The van der Waals surface area contributed by atoms with Gasteiger partial charge in [-0.25, -0.2) is 13.4 Å². The average molecular weight is 443 g/mol. The molecule has 0 bridgehead atoms. The van der Waals surface area contributed by atoms with E-state index in [2.05, 4.69) is 14.7 Å². The zero-order chi connectivity index (χ0) is 21.5. The number of rotatable bonds is 7. The van der Waals surface area contributed by atoms with E-state index >= 15 is 0 Å². The van der Waals surface area contributed by atoms with Crippen LogP contribution in [0.25, 0.3) is 11.1 Å². The molecule has 156 valence electrons. The van der Waals surface area contributed by atoms with Crippen molar-refractivity contribution in [2.75, 3.05) is 4.72 Å². The lowest BCUT2D eigenvalue weighted by molar-refractivity contribution is 0.1000. The topological polar surface area (TPSA) is 115 Å². The molecule has 3 aromatic rings. The fraction of sp³-hybridized carbons (Fsp3) is 0.286. The van der Waals surface area contributed by atoms with E-state index < -0.39 is 21.3 Å². The van der Waals surface area contributed by atoms with Crippen LogP contribution in [-0.2, 0) is 15.4 Å². The van der Waals surface area contributed by atoms with Crippen molar-refractivity contribution in [3.8, 4) is 11.1 Å². The predicted octanol–water partition coefficient (Wildman–Crippen LogP) is 3.53. The normalized spacial score (nSPS) is 14.5. The maximum atomic E-state index is 12.2. The van der Waals surface area contributed by atoms with Gasteiger partial charge in [-0.3, -0.25) is 14.5 Å². The van der Waals surface area contributed by atoms with E-state index in [4.69, 9.17) is 5.73 Å². The molecule has 2 heterocycles. The molecule has 0 saturated heterocycles. The molecule has 0 radical (unpaired) electrons. The molecular formula is C21H22N4O3S2. The number of amides is 1. The van der Waals surface area contributed by atoms with Crippen molar-refractivity contribution >= 4 is 32.4 Å². The van der Waals surface area contributed by atoms with Gasteiger partial charge in [0.2, 0.25) is 15.9 Å². The largest absolute Gasteiger partial charge is 0.366 e. The highest BCUT2D eigenvalue weighted by molar-refractivity contribution is 7.93. The van der Waals surface area contributed by atoms with Gasteiger partial charge >= 0.3 is 0 Å². The predicted molar refractivity (Wildman–Crippen MR) is 118 cm³/mol. The Bertz CT molecular complexity index is 1200. The zero-order valence-electron chi connectivity index (χ0n) is 16.6. The van der Waals surface area contributed by atoms with E-state index in [1.54, 1.807) is 24.5 Å². The third kappa shape index (κ3) is 3.95. The molecular weight excluding hydrogens is 420 g/mol. The van der Waals surface area contributed by atoms with Crippen molar-refractivity contribution in [3.05, 3.63) is 64.9 Å². The number of pyridine rings is 1. The van der Waals surface area contributed by atoms with Crippen LogP contribution in [0.3, 0.4) is 0 Å². The van der Waals surface area contributed by atoms with Crippen LogP contribution in [0.2, 0.25) is 0 Å². The quantitative estimate of drug-likeness (QED) is 0.581. The smallest absolute Gasteiger partial charge is 0.248 e. The fourth-order valence-electron chi connectivity index (χ4n) is 3.32. The van der Waals surface area contributed by atoms with Crippen LogP contribution < -0.4 is 10.5 Å². The Morgan fingerprint density at radius 2 is 2.03 bits per heavy atom. The van der Waals surface area contributed by atoms with Crippen LogP contribution >= 0.6 is 11.3 Å². The van der Waals surface area contributed by atoms with Crippen LogP contribution in [0.15, 0.2) is 48.1 Å². The summed E-state index contributed by atoms with van der Waals surface area (Å²) < 4.78 is 27.1. The summed E-state index contributed by atoms with van der Waals surface area (Å²) in [5.74, 6) is -0.513. The number of hydrogen-bond donors (Lipinski definition) is 2. The summed E-state index contributed by atoms with van der Waals surface area (Å²) in [6, 6.07) is 9.12. The van der Waals surface area contributed by atoms with Gasteiger partial charge in [0.05, 0.1) is 10.9 Å². The summed E-state index contributed by atoms with van der Waals surface area (Å²) in [5.41, 5.74) is 8.67. The van der Waals surface area contributed by atoms with Gasteiger partial charge in [0.1, 0.15) is 0 Å². The monoisotopic (exact) mass is 442 g/mol. The first-order chi connectivity index (χ1) is 14.2. The molecule has 7 nitrogen and oxygen atoms in total. The van der Waals surface area contributed by atoms with Gasteiger partial charge in [-0.05, 0) is 42.2 Å². The number of hydrogen-bond acceptors (Lipinski definition) is 6. The number of nitrogens with one attached hydrogen (secondary N) is 1. The summed E-state index contributed by atoms with van der Waals surface area (Å²) in [6.07, 6.45) is 4.83. The molecule has 1 aliphatic rings. The van der Waals surface area contributed by atoms with E-state index in [9.17, 15) is 13.2 Å². The van der Waals surface area contributed by atoms with Gasteiger partial charge in [-0.15, -0.1) is 11.3 Å².